The fourth-order valence-electron chi connectivity index (χ4n) is 3.65. The molecule has 2 heterocycles. The minimum absolute atomic E-state index is 0.0378. The number of alkyl halides is 3. The average Bonchev–Trinajstić information content (AvgIpc) is 3.15. The molecule has 0 aliphatic heterocycles. The van der Waals surface area contributed by atoms with Gasteiger partial charge >= 0.3 is 6.18 Å². The zero-order valence-corrected chi connectivity index (χ0v) is 20.4. The van der Waals surface area contributed by atoms with E-state index in [1.54, 1.807) is 6.92 Å². The van der Waals surface area contributed by atoms with Crippen molar-refractivity contribution in [3.63, 3.8) is 0 Å². The molecular weight excluding hydrogens is 483 g/mol. The lowest BCUT2D eigenvalue weighted by Gasteiger charge is -2.15. The van der Waals surface area contributed by atoms with Crippen LogP contribution in [0.2, 0.25) is 0 Å². The van der Waals surface area contributed by atoms with Crippen LogP contribution in [0.4, 0.5) is 18.9 Å². The van der Waals surface area contributed by atoms with E-state index in [0.29, 0.717) is 21.8 Å². The third kappa shape index (κ3) is 6.25. The number of anilines is 1. The van der Waals surface area contributed by atoms with Gasteiger partial charge in [-0.1, -0.05) is 6.07 Å². The number of hydrogen-bond donors (Lipinski definition) is 3. The summed E-state index contributed by atoms with van der Waals surface area (Å²) in [6.07, 6.45) is -3.35. The average molecular weight is 511 g/mol. The zero-order valence-electron chi connectivity index (χ0n) is 19.6. The summed E-state index contributed by atoms with van der Waals surface area (Å²) >= 11 is 1.10. The third-order valence-corrected chi connectivity index (χ3v) is 6.87. The molecular formula is C23H27F3N5O3S+. The molecule has 8 nitrogen and oxygen atoms in total. The smallest absolute Gasteiger partial charge is 0.346 e. The summed E-state index contributed by atoms with van der Waals surface area (Å²) in [5.41, 5.74) is -0.963. The number of quaternary nitrogens is 1. The molecule has 1 aromatic carbocycles. The highest BCUT2D eigenvalue weighted by molar-refractivity contribution is 7.20. The molecule has 0 radical (unpaired) electrons. The van der Waals surface area contributed by atoms with Crippen LogP contribution in [0, 0.1) is 6.92 Å². The maximum atomic E-state index is 13.0. The monoisotopic (exact) mass is 510 g/mol. The van der Waals surface area contributed by atoms with E-state index in [-0.39, 0.29) is 17.0 Å². The van der Waals surface area contributed by atoms with Gasteiger partial charge in [0.1, 0.15) is 11.4 Å². The molecule has 3 aromatic rings. The highest BCUT2D eigenvalue weighted by Crippen LogP contribution is 2.30. The molecule has 0 saturated carbocycles. The first kappa shape index (κ1) is 26.4. The number of carbonyl (C=O) groups excluding carboxylic acids is 2. The Hall–Kier alpha value is -3.25. The molecule has 0 saturated heterocycles. The first-order valence-corrected chi connectivity index (χ1v) is 11.9. The number of nitrogens with zero attached hydrogens (tertiary/aromatic N) is 2. The Kier molecular flexibility index (Phi) is 8.28. The van der Waals surface area contributed by atoms with Crippen molar-refractivity contribution in [3.05, 3.63) is 57.0 Å². The van der Waals surface area contributed by atoms with Crippen molar-refractivity contribution in [3.8, 4) is 0 Å². The Balaban J connectivity index is 1.75. The van der Waals surface area contributed by atoms with E-state index in [0.717, 1.165) is 47.7 Å². The van der Waals surface area contributed by atoms with Crippen LogP contribution < -0.4 is 21.1 Å². The molecule has 35 heavy (non-hydrogen) atoms. The summed E-state index contributed by atoms with van der Waals surface area (Å²) in [4.78, 5) is 44.4. The third-order valence-electron chi connectivity index (χ3n) is 5.68. The number of benzene rings is 1. The summed E-state index contributed by atoms with van der Waals surface area (Å²) in [7, 11) is 0. The largest absolute Gasteiger partial charge is 0.416 e. The molecule has 0 unspecified atom stereocenters. The summed E-state index contributed by atoms with van der Waals surface area (Å²) in [6, 6.07) is 4.23. The fraction of sp³-hybridized carbons (Fsp3) is 0.391. The van der Waals surface area contributed by atoms with E-state index in [1.807, 2.05) is 0 Å². The lowest BCUT2D eigenvalue weighted by atomic mass is 10.2. The predicted molar refractivity (Wildman–Crippen MR) is 128 cm³/mol. The van der Waals surface area contributed by atoms with Crippen molar-refractivity contribution in [1.29, 1.82) is 0 Å². The number of carbonyl (C=O) groups is 2. The van der Waals surface area contributed by atoms with Crippen LogP contribution in [0.25, 0.3) is 10.2 Å². The lowest BCUT2D eigenvalue weighted by molar-refractivity contribution is -0.895. The van der Waals surface area contributed by atoms with Crippen LogP contribution in [0.3, 0.4) is 0 Å². The molecule has 3 rings (SSSR count). The van der Waals surface area contributed by atoms with Crippen LogP contribution in [0.1, 0.15) is 34.6 Å². The number of aryl methyl sites for hydroxylation is 1. The normalized spacial score (nSPS) is 11.7. The second kappa shape index (κ2) is 11.0. The number of thiophene rings is 1. The topological polar surface area (TPSA) is 97.5 Å². The van der Waals surface area contributed by atoms with Gasteiger partial charge in [-0.25, -0.2) is 4.98 Å². The molecule has 188 valence electrons. The van der Waals surface area contributed by atoms with Crippen molar-refractivity contribution in [2.45, 2.75) is 33.5 Å². The van der Waals surface area contributed by atoms with Gasteiger partial charge < -0.3 is 15.5 Å². The van der Waals surface area contributed by atoms with E-state index in [2.05, 4.69) is 29.5 Å². The fourth-order valence-corrected chi connectivity index (χ4v) is 4.71. The van der Waals surface area contributed by atoms with Gasteiger partial charge in [-0.15, -0.1) is 11.3 Å². The van der Waals surface area contributed by atoms with E-state index >= 15 is 0 Å². The molecule has 0 aliphatic carbocycles. The van der Waals surface area contributed by atoms with Gasteiger partial charge in [-0.05, 0) is 44.5 Å². The Labute approximate surface area is 203 Å². The molecule has 2 aromatic heterocycles. The van der Waals surface area contributed by atoms with Crippen LogP contribution >= 0.6 is 11.3 Å². The molecule has 0 fully saturated rings. The standard InChI is InChI=1S/C23H26F3N5O3S/c1-4-30(5-2)10-9-27-20(33)19-14(3)18-21(35-19)28-13-31(22(18)34)12-17(32)29-16-8-6-7-15(11-16)23(24,25)26/h6-8,11,13H,4-5,9-10,12H2,1-3H3,(H,27,33)(H,29,32)/p+1. The minimum Gasteiger partial charge on any atom is -0.346 e. The predicted octanol–water partition coefficient (Wildman–Crippen LogP) is 2.08. The molecule has 0 bridgehead atoms. The Morgan fingerprint density at radius 1 is 1.20 bits per heavy atom. The van der Waals surface area contributed by atoms with Crippen molar-refractivity contribution in [2.75, 3.05) is 31.5 Å². The number of halogens is 3. The number of nitrogens with one attached hydrogen (secondary N) is 3. The van der Waals surface area contributed by atoms with Crippen LogP contribution in [-0.4, -0.2) is 47.5 Å². The second-order valence-corrected chi connectivity index (χ2v) is 9.00. The summed E-state index contributed by atoms with van der Waals surface area (Å²) in [5.74, 6) is -0.970. The molecule has 0 aliphatic rings. The van der Waals surface area contributed by atoms with Crippen LogP contribution in [-0.2, 0) is 17.5 Å². The second-order valence-electron chi connectivity index (χ2n) is 8.00. The lowest BCUT2D eigenvalue weighted by Crippen LogP contribution is -3.12. The van der Waals surface area contributed by atoms with Crippen molar-refractivity contribution < 1.29 is 27.7 Å². The molecule has 2 amide bonds. The highest BCUT2D eigenvalue weighted by atomic mass is 32.1. The van der Waals surface area contributed by atoms with E-state index in [9.17, 15) is 27.6 Å². The van der Waals surface area contributed by atoms with Crippen molar-refractivity contribution in [1.82, 2.24) is 14.9 Å². The van der Waals surface area contributed by atoms with Crippen LogP contribution in [0.5, 0.6) is 0 Å². The van der Waals surface area contributed by atoms with E-state index < -0.39 is 29.8 Å². The summed E-state index contributed by atoms with van der Waals surface area (Å²) in [5, 5.41) is 5.49. The van der Waals surface area contributed by atoms with Gasteiger partial charge in [-0.3, -0.25) is 19.0 Å². The van der Waals surface area contributed by atoms with Crippen molar-refractivity contribution >= 4 is 39.1 Å². The number of likely N-dealkylation sites (N-methyl/N-ethyl adjacent to an activating group) is 1. The van der Waals surface area contributed by atoms with E-state index in [1.165, 1.54) is 23.4 Å². The Morgan fingerprint density at radius 2 is 1.91 bits per heavy atom. The Morgan fingerprint density at radius 3 is 2.57 bits per heavy atom. The van der Waals surface area contributed by atoms with Gasteiger partial charge in [0.05, 0.1) is 48.3 Å². The number of hydrogen-bond acceptors (Lipinski definition) is 5. The zero-order chi connectivity index (χ0) is 25.8. The molecule has 3 N–H and O–H groups in total. The van der Waals surface area contributed by atoms with Crippen molar-refractivity contribution in [2.24, 2.45) is 0 Å². The first-order chi connectivity index (χ1) is 16.5. The minimum atomic E-state index is -4.54. The number of fused-ring (bicyclic) bond motifs is 1. The summed E-state index contributed by atoms with van der Waals surface area (Å²) in [6.45, 7) is 8.56. The van der Waals surface area contributed by atoms with Gasteiger partial charge in [-0.2, -0.15) is 13.2 Å². The SMILES string of the molecule is CC[NH+](CC)CCNC(=O)c1sc2ncn(CC(=O)Nc3cccc(C(F)(F)F)c3)c(=O)c2c1C. The molecule has 12 heteroatoms. The maximum Gasteiger partial charge on any atom is 0.416 e. The van der Waals surface area contributed by atoms with Crippen LogP contribution in [0.15, 0.2) is 35.4 Å². The maximum absolute atomic E-state index is 13.0. The quantitative estimate of drug-likeness (QED) is 0.411. The van der Waals surface area contributed by atoms with Gasteiger partial charge in [0.25, 0.3) is 11.5 Å². The van der Waals surface area contributed by atoms with Gasteiger partial charge in [0.15, 0.2) is 0 Å². The summed E-state index contributed by atoms with van der Waals surface area (Å²) < 4.78 is 39.7. The number of aromatic nitrogens is 2. The van der Waals surface area contributed by atoms with Gasteiger partial charge in [0.2, 0.25) is 5.91 Å². The number of rotatable bonds is 9. The number of amides is 2. The molecule has 0 atom stereocenters. The Bertz CT molecular complexity index is 1280. The first-order valence-electron chi connectivity index (χ1n) is 11.1. The van der Waals surface area contributed by atoms with Gasteiger partial charge in [0, 0.05) is 5.69 Å². The highest BCUT2D eigenvalue weighted by Gasteiger charge is 2.30. The van der Waals surface area contributed by atoms with E-state index in [4.69, 9.17) is 0 Å². The molecule has 0 spiro atoms.